The second-order valence-electron chi connectivity index (χ2n) is 6.01. The van der Waals surface area contributed by atoms with Gasteiger partial charge >= 0.3 is 5.69 Å². The Morgan fingerprint density at radius 3 is 1.89 bits per heavy atom. The van der Waals surface area contributed by atoms with Gasteiger partial charge in [-0.1, -0.05) is 60.7 Å². The van der Waals surface area contributed by atoms with E-state index in [0.717, 1.165) is 12.1 Å². The first-order valence-corrected chi connectivity index (χ1v) is 8.21. The standard InChI is InChI=1S/C19H12N4O5/c24-22(25)15-11-16-18(17(12-15)23(26)27)28-19(21-20-16,13-7-3-1-4-8-13)14-9-5-2-6-10-14/h1-12H. The Bertz CT molecular complexity index is 1060. The van der Waals surface area contributed by atoms with Gasteiger partial charge in [0.05, 0.1) is 15.9 Å². The highest BCUT2D eigenvalue weighted by Crippen LogP contribution is 2.50. The first-order chi connectivity index (χ1) is 13.5. The van der Waals surface area contributed by atoms with Gasteiger partial charge in [0.25, 0.3) is 11.4 Å². The molecule has 0 aromatic heterocycles. The molecule has 3 aromatic rings. The topological polar surface area (TPSA) is 120 Å². The minimum absolute atomic E-state index is 0.0663. The van der Waals surface area contributed by atoms with Crippen LogP contribution in [0.5, 0.6) is 5.75 Å². The molecule has 138 valence electrons. The minimum Gasteiger partial charge on any atom is -0.446 e. The third kappa shape index (κ3) is 2.75. The van der Waals surface area contributed by atoms with Crippen molar-refractivity contribution in [3.05, 3.63) is 104 Å². The molecule has 9 nitrogen and oxygen atoms in total. The van der Waals surface area contributed by atoms with E-state index in [1.807, 2.05) is 12.1 Å². The molecule has 0 spiro atoms. The number of ether oxygens (including phenoxy) is 1. The zero-order valence-corrected chi connectivity index (χ0v) is 14.3. The van der Waals surface area contributed by atoms with Gasteiger partial charge in [0, 0.05) is 17.2 Å². The molecule has 0 aliphatic carbocycles. The summed E-state index contributed by atoms with van der Waals surface area (Å²) in [5.41, 5.74) is -1.29. The van der Waals surface area contributed by atoms with E-state index in [1.165, 1.54) is 0 Å². The van der Waals surface area contributed by atoms with Crippen LogP contribution < -0.4 is 4.74 Å². The molecular formula is C19H12N4O5. The van der Waals surface area contributed by atoms with Gasteiger partial charge in [-0.25, -0.2) is 0 Å². The molecule has 0 fully saturated rings. The fourth-order valence-electron chi connectivity index (χ4n) is 3.02. The molecule has 0 saturated heterocycles. The largest absolute Gasteiger partial charge is 0.446 e. The number of fused-ring (bicyclic) bond motifs is 1. The SMILES string of the molecule is O=[N+]([O-])c1cc2c(c([N+](=O)[O-])c1)OC(c1ccccc1)(c1ccccc1)N=N2. The second-order valence-corrected chi connectivity index (χ2v) is 6.01. The molecule has 1 aliphatic rings. The number of non-ortho nitro benzene ring substituents is 1. The second kappa shape index (κ2) is 6.54. The van der Waals surface area contributed by atoms with Crippen LogP contribution in [-0.2, 0) is 5.72 Å². The Balaban J connectivity index is 1.97. The van der Waals surface area contributed by atoms with Crippen LogP contribution in [0.15, 0.2) is 83.0 Å². The maximum Gasteiger partial charge on any atom is 0.320 e. The smallest absolute Gasteiger partial charge is 0.320 e. The van der Waals surface area contributed by atoms with Crippen LogP contribution in [0.1, 0.15) is 11.1 Å². The van der Waals surface area contributed by atoms with Crippen molar-refractivity contribution < 1.29 is 14.6 Å². The van der Waals surface area contributed by atoms with E-state index in [4.69, 9.17) is 4.74 Å². The monoisotopic (exact) mass is 376 g/mol. The lowest BCUT2D eigenvalue weighted by molar-refractivity contribution is -0.394. The molecular weight excluding hydrogens is 364 g/mol. The number of nitrogens with zero attached hydrogens (tertiary/aromatic N) is 4. The normalized spacial score (nSPS) is 14.0. The van der Waals surface area contributed by atoms with Crippen molar-refractivity contribution in [3.63, 3.8) is 0 Å². The van der Waals surface area contributed by atoms with E-state index < -0.39 is 26.9 Å². The minimum atomic E-state index is -1.45. The number of hydrogen-bond acceptors (Lipinski definition) is 7. The summed E-state index contributed by atoms with van der Waals surface area (Å²) in [5.74, 6) is -0.168. The van der Waals surface area contributed by atoms with E-state index in [9.17, 15) is 20.2 Å². The van der Waals surface area contributed by atoms with Gasteiger partial charge in [-0.2, -0.15) is 0 Å². The Labute approximate surface area is 158 Å². The van der Waals surface area contributed by atoms with Crippen molar-refractivity contribution in [2.24, 2.45) is 10.2 Å². The lowest BCUT2D eigenvalue weighted by atomic mass is 9.94. The van der Waals surface area contributed by atoms with Gasteiger partial charge in [0.1, 0.15) is 5.69 Å². The highest BCUT2D eigenvalue weighted by Gasteiger charge is 2.43. The third-order valence-corrected chi connectivity index (χ3v) is 4.32. The number of azo groups is 1. The first-order valence-electron chi connectivity index (χ1n) is 8.21. The summed E-state index contributed by atoms with van der Waals surface area (Å²) in [6.07, 6.45) is 0. The molecule has 0 radical (unpaired) electrons. The van der Waals surface area contributed by atoms with E-state index in [-0.39, 0.29) is 11.4 Å². The zero-order chi connectivity index (χ0) is 19.7. The molecule has 0 atom stereocenters. The predicted molar refractivity (Wildman–Crippen MR) is 98.6 cm³/mol. The molecule has 3 aromatic carbocycles. The van der Waals surface area contributed by atoms with Gasteiger partial charge in [-0.05, 0) is 0 Å². The first kappa shape index (κ1) is 17.3. The Kier molecular flexibility index (Phi) is 4.04. The highest BCUT2D eigenvalue weighted by molar-refractivity contribution is 5.69. The zero-order valence-electron chi connectivity index (χ0n) is 14.3. The third-order valence-electron chi connectivity index (χ3n) is 4.32. The molecule has 9 heteroatoms. The van der Waals surface area contributed by atoms with E-state index in [0.29, 0.717) is 11.1 Å². The molecule has 4 rings (SSSR count). The summed E-state index contributed by atoms with van der Waals surface area (Å²) < 4.78 is 6.09. The maximum atomic E-state index is 11.6. The van der Waals surface area contributed by atoms with Crippen molar-refractivity contribution in [1.29, 1.82) is 0 Å². The van der Waals surface area contributed by atoms with Crippen LogP contribution in [-0.4, -0.2) is 9.85 Å². The van der Waals surface area contributed by atoms with Crippen molar-refractivity contribution in [1.82, 2.24) is 0 Å². The molecule has 0 N–H and O–H groups in total. The highest BCUT2D eigenvalue weighted by atomic mass is 16.6. The molecule has 28 heavy (non-hydrogen) atoms. The van der Waals surface area contributed by atoms with E-state index in [1.54, 1.807) is 48.5 Å². The van der Waals surface area contributed by atoms with Gasteiger partial charge < -0.3 is 4.74 Å². The average molecular weight is 376 g/mol. The van der Waals surface area contributed by atoms with Crippen LogP contribution in [0, 0.1) is 20.2 Å². The molecule has 0 saturated carbocycles. The maximum absolute atomic E-state index is 11.6. The van der Waals surface area contributed by atoms with Crippen molar-refractivity contribution in [2.45, 2.75) is 5.72 Å². The van der Waals surface area contributed by atoms with Crippen LogP contribution >= 0.6 is 0 Å². The molecule has 1 aliphatic heterocycles. The quantitative estimate of drug-likeness (QED) is 0.474. The number of hydrogen-bond donors (Lipinski definition) is 0. The van der Waals surface area contributed by atoms with E-state index >= 15 is 0 Å². The Morgan fingerprint density at radius 1 is 0.821 bits per heavy atom. The van der Waals surface area contributed by atoms with Crippen LogP contribution in [0.2, 0.25) is 0 Å². The van der Waals surface area contributed by atoms with Crippen LogP contribution in [0.4, 0.5) is 17.1 Å². The van der Waals surface area contributed by atoms with Crippen LogP contribution in [0.25, 0.3) is 0 Å². The fraction of sp³-hybridized carbons (Fsp3) is 0.0526. The lowest BCUT2D eigenvalue weighted by Crippen LogP contribution is -2.33. The Morgan fingerprint density at radius 2 is 1.39 bits per heavy atom. The number of nitro groups is 2. The van der Waals surface area contributed by atoms with Gasteiger partial charge in [-0.3, -0.25) is 20.2 Å². The fourth-order valence-corrected chi connectivity index (χ4v) is 3.02. The Hall–Kier alpha value is -4.14. The number of nitro benzene ring substituents is 2. The van der Waals surface area contributed by atoms with Gasteiger partial charge in [-0.15, -0.1) is 10.2 Å². The summed E-state index contributed by atoms with van der Waals surface area (Å²) >= 11 is 0. The molecule has 0 amide bonds. The van der Waals surface area contributed by atoms with Crippen molar-refractivity contribution >= 4 is 17.1 Å². The number of rotatable bonds is 4. The summed E-state index contributed by atoms with van der Waals surface area (Å²) in [6, 6.07) is 19.9. The predicted octanol–water partition coefficient (Wildman–Crippen LogP) is 4.88. The van der Waals surface area contributed by atoms with Crippen LogP contribution in [0.3, 0.4) is 0 Å². The summed E-state index contributed by atoms with van der Waals surface area (Å²) in [4.78, 5) is 21.2. The van der Waals surface area contributed by atoms with Gasteiger partial charge in [0.2, 0.25) is 5.75 Å². The van der Waals surface area contributed by atoms with Crippen molar-refractivity contribution in [3.8, 4) is 5.75 Å². The summed E-state index contributed by atoms with van der Waals surface area (Å²) in [7, 11) is 0. The van der Waals surface area contributed by atoms with Crippen molar-refractivity contribution in [2.75, 3.05) is 0 Å². The molecule has 0 unspecified atom stereocenters. The van der Waals surface area contributed by atoms with E-state index in [2.05, 4.69) is 10.2 Å². The molecule has 1 heterocycles. The lowest BCUT2D eigenvalue weighted by Gasteiger charge is -2.32. The summed E-state index contributed by atoms with van der Waals surface area (Å²) in [5, 5.41) is 31.0. The number of benzene rings is 3. The average Bonchev–Trinajstić information content (AvgIpc) is 2.73. The van der Waals surface area contributed by atoms with Gasteiger partial charge in [0.15, 0.2) is 0 Å². The molecule has 0 bridgehead atoms. The summed E-state index contributed by atoms with van der Waals surface area (Å²) in [6.45, 7) is 0.